The van der Waals surface area contributed by atoms with Gasteiger partial charge in [0.25, 0.3) is 0 Å². The van der Waals surface area contributed by atoms with Crippen molar-refractivity contribution in [3.8, 4) is 11.5 Å². The molecule has 10 heteroatoms. The Morgan fingerprint density at radius 2 is 1.44 bits per heavy atom. The van der Waals surface area contributed by atoms with Gasteiger partial charge in [0.2, 0.25) is 0 Å². The number of rotatable bonds is 2. The smallest absolute Gasteiger partial charge is 0.402 e. The first-order chi connectivity index (χ1) is 7.99. The molecule has 0 saturated carbocycles. The highest BCUT2D eigenvalue weighted by atomic mass is 127. The van der Waals surface area contributed by atoms with Crippen molar-refractivity contribution in [2.24, 2.45) is 0 Å². The van der Waals surface area contributed by atoms with Crippen molar-refractivity contribution >= 4 is 38.5 Å². The van der Waals surface area contributed by atoms with Crippen LogP contribution in [0.5, 0.6) is 11.5 Å². The number of ether oxygens (including phenoxy) is 2. The monoisotopic (exact) mass is 450 g/mol. The summed E-state index contributed by atoms with van der Waals surface area (Å²) in [4.78, 5) is 0. The van der Waals surface area contributed by atoms with Gasteiger partial charge in [-0.15, -0.1) is 26.3 Å². The van der Waals surface area contributed by atoms with Crippen molar-refractivity contribution < 1.29 is 35.8 Å². The summed E-state index contributed by atoms with van der Waals surface area (Å²) in [6.45, 7) is 0. The van der Waals surface area contributed by atoms with Gasteiger partial charge in [-0.3, -0.25) is 0 Å². The molecule has 0 aromatic heterocycles. The zero-order valence-corrected chi connectivity index (χ0v) is 11.7. The summed E-state index contributed by atoms with van der Waals surface area (Å²) in [6, 6.07) is 1.84. The van der Waals surface area contributed by atoms with Crippen molar-refractivity contribution in [1.82, 2.24) is 0 Å². The Morgan fingerprint density at radius 1 is 0.944 bits per heavy atom. The molecule has 2 nitrogen and oxygen atoms in total. The van der Waals surface area contributed by atoms with Crippen LogP contribution in [0.2, 0.25) is 0 Å². The van der Waals surface area contributed by atoms with E-state index in [4.69, 9.17) is 0 Å². The Balaban J connectivity index is 3.22. The number of alkyl halides is 6. The largest absolute Gasteiger partial charge is 0.573 e. The van der Waals surface area contributed by atoms with E-state index in [2.05, 4.69) is 25.4 Å². The van der Waals surface area contributed by atoms with Crippen LogP contribution in [0.1, 0.15) is 0 Å². The van der Waals surface area contributed by atoms with Crippen LogP contribution in [-0.4, -0.2) is 12.7 Å². The standard InChI is InChI=1S/C8H2BrF6IO2/c9-3-1-2-4(17-7(10,11)12)6(5(3)16)18-8(13,14)15/h1-2H. The molecule has 0 spiro atoms. The summed E-state index contributed by atoms with van der Waals surface area (Å²) in [5.74, 6) is -2.11. The topological polar surface area (TPSA) is 18.5 Å². The lowest BCUT2D eigenvalue weighted by Gasteiger charge is -2.17. The van der Waals surface area contributed by atoms with Crippen molar-refractivity contribution in [3.63, 3.8) is 0 Å². The van der Waals surface area contributed by atoms with Crippen LogP contribution in [0.25, 0.3) is 0 Å². The molecule has 0 atom stereocenters. The average Bonchev–Trinajstić information content (AvgIpc) is 2.14. The maximum Gasteiger partial charge on any atom is 0.573 e. The quantitative estimate of drug-likeness (QED) is 0.473. The fourth-order valence-corrected chi connectivity index (χ4v) is 1.80. The van der Waals surface area contributed by atoms with Gasteiger partial charge in [0.15, 0.2) is 11.5 Å². The third kappa shape index (κ3) is 4.71. The maximum atomic E-state index is 12.1. The number of hydrogen-bond acceptors (Lipinski definition) is 2. The Kier molecular flexibility index (Phi) is 4.62. The molecule has 1 aromatic carbocycles. The fourth-order valence-electron chi connectivity index (χ4n) is 0.930. The lowest BCUT2D eigenvalue weighted by atomic mass is 10.3. The minimum atomic E-state index is -5.12. The molecular formula is C8H2BrF6IO2. The minimum absolute atomic E-state index is 0.150. The number of hydrogen-bond donors (Lipinski definition) is 0. The van der Waals surface area contributed by atoms with Gasteiger partial charge in [-0.05, 0) is 50.7 Å². The molecule has 0 fully saturated rings. The summed E-state index contributed by atoms with van der Waals surface area (Å²) >= 11 is 4.28. The van der Waals surface area contributed by atoms with Gasteiger partial charge < -0.3 is 9.47 Å². The van der Waals surface area contributed by atoms with Crippen LogP contribution in [0.4, 0.5) is 26.3 Å². The van der Waals surface area contributed by atoms with Gasteiger partial charge in [0, 0.05) is 4.47 Å². The van der Waals surface area contributed by atoms with Gasteiger partial charge in [-0.25, -0.2) is 0 Å². The van der Waals surface area contributed by atoms with E-state index in [0.717, 1.165) is 12.1 Å². The molecule has 0 aliphatic rings. The van der Waals surface area contributed by atoms with E-state index in [1.54, 1.807) is 0 Å². The van der Waals surface area contributed by atoms with Gasteiger partial charge in [-0.1, -0.05) is 0 Å². The van der Waals surface area contributed by atoms with Crippen molar-refractivity contribution in [1.29, 1.82) is 0 Å². The third-order valence-corrected chi connectivity index (χ3v) is 3.93. The molecule has 18 heavy (non-hydrogen) atoms. The van der Waals surface area contributed by atoms with Crippen LogP contribution in [0.15, 0.2) is 16.6 Å². The first kappa shape index (κ1) is 15.7. The molecule has 0 aliphatic heterocycles. The molecule has 0 saturated heterocycles. The summed E-state index contributed by atoms with van der Waals surface area (Å²) in [5.41, 5.74) is 0. The highest BCUT2D eigenvalue weighted by Gasteiger charge is 2.37. The predicted molar refractivity (Wildman–Crippen MR) is 60.2 cm³/mol. The van der Waals surface area contributed by atoms with Gasteiger partial charge in [0.1, 0.15) is 0 Å². The summed E-state index contributed by atoms with van der Waals surface area (Å²) in [5, 5.41) is 0. The lowest BCUT2D eigenvalue weighted by molar-refractivity contribution is -0.287. The van der Waals surface area contributed by atoms with E-state index in [1.807, 2.05) is 0 Å². The molecule has 1 rings (SSSR count). The zero-order chi connectivity index (χ0) is 14.1. The highest BCUT2D eigenvalue weighted by Crippen LogP contribution is 2.41. The van der Waals surface area contributed by atoms with E-state index < -0.39 is 24.2 Å². The Bertz CT molecular complexity index is 444. The first-order valence-electron chi connectivity index (χ1n) is 3.99. The van der Waals surface area contributed by atoms with E-state index in [-0.39, 0.29) is 8.04 Å². The van der Waals surface area contributed by atoms with Gasteiger partial charge in [-0.2, -0.15) is 0 Å². The molecule has 102 valence electrons. The molecule has 0 amide bonds. The second kappa shape index (κ2) is 5.31. The average molecular weight is 451 g/mol. The normalized spacial score (nSPS) is 12.4. The summed E-state index contributed by atoms with van der Waals surface area (Å²) < 4.78 is 79.3. The van der Waals surface area contributed by atoms with E-state index >= 15 is 0 Å². The molecule has 0 unspecified atom stereocenters. The maximum absolute atomic E-state index is 12.1. The third-order valence-electron chi connectivity index (χ3n) is 1.46. The zero-order valence-electron chi connectivity index (χ0n) is 7.99. The second-order valence-corrected chi connectivity index (χ2v) is 4.72. The second-order valence-electron chi connectivity index (χ2n) is 2.78. The fraction of sp³-hybridized carbons (Fsp3) is 0.250. The number of benzene rings is 1. The molecular weight excluding hydrogens is 449 g/mol. The van der Waals surface area contributed by atoms with Crippen LogP contribution in [-0.2, 0) is 0 Å². The van der Waals surface area contributed by atoms with Crippen LogP contribution in [0, 0.1) is 3.57 Å². The van der Waals surface area contributed by atoms with E-state index in [0.29, 0.717) is 0 Å². The molecule has 0 aliphatic carbocycles. The first-order valence-corrected chi connectivity index (χ1v) is 5.86. The van der Waals surface area contributed by atoms with E-state index in [1.165, 1.54) is 22.6 Å². The van der Waals surface area contributed by atoms with Gasteiger partial charge in [0.05, 0.1) is 3.57 Å². The number of halogens is 8. The van der Waals surface area contributed by atoms with Crippen molar-refractivity contribution in [2.45, 2.75) is 12.7 Å². The van der Waals surface area contributed by atoms with Crippen LogP contribution < -0.4 is 9.47 Å². The highest BCUT2D eigenvalue weighted by molar-refractivity contribution is 14.1. The Hall–Kier alpha value is -0.390. The minimum Gasteiger partial charge on any atom is -0.402 e. The molecule has 0 N–H and O–H groups in total. The molecule has 0 heterocycles. The Morgan fingerprint density at radius 3 is 1.89 bits per heavy atom. The van der Waals surface area contributed by atoms with Crippen molar-refractivity contribution in [2.75, 3.05) is 0 Å². The Labute approximate surface area is 119 Å². The van der Waals surface area contributed by atoms with Crippen LogP contribution in [0.3, 0.4) is 0 Å². The SMILES string of the molecule is FC(F)(F)Oc1ccc(Br)c(I)c1OC(F)(F)F. The molecule has 0 bridgehead atoms. The van der Waals surface area contributed by atoms with Crippen LogP contribution >= 0.6 is 38.5 Å². The summed E-state index contributed by atoms with van der Waals surface area (Å²) in [7, 11) is 0. The van der Waals surface area contributed by atoms with Crippen molar-refractivity contribution in [3.05, 3.63) is 20.2 Å². The molecule has 0 radical (unpaired) electrons. The predicted octanol–water partition coefficient (Wildman–Crippen LogP) is 4.85. The summed E-state index contributed by atoms with van der Waals surface area (Å²) in [6.07, 6.45) is -10.2. The van der Waals surface area contributed by atoms with Gasteiger partial charge >= 0.3 is 12.7 Å². The molecule has 1 aromatic rings. The van der Waals surface area contributed by atoms with E-state index in [9.17, 15) is 26.3 Å². The lowest BCUT2D eigenvalue weighted by Crippen LogP contribution is -2.22.